The third-order valence-corrected chi connectivity index (χ3v) is 5.25. The molecule has 1 aliphatic carbocycles. The van der Waals surface area contributed by atoms with Crippen LogP contribution in [0.15, 0.2) is 42.5 Å². The molecule has 0 atom stereocenters. The van der Waals surface area contributed by atoms with Gasteiger partial charge in [0.1, 0.15) is 11.6 Å². The number of benzene rings is 2. The van der Waals surface area contributed by atoms with Crippen molar-refractivity contribution < 1.29 is 18.4 Å². The first-order chi connectivity index (χ1) is 13.3. The largest absolute Gasteiger partial charge is 0.351 e. The van der Waals surface area contributed by atoms with Gasteiger partial charge in [-0.25, -0.2) is 8.78 Å². The summed E-state index contributed by atoms with van der Waals surface area (Å²) in [7, 11) is 0. The van der Waals surface area contributed by atoms with E-state index in [9.17, 15) is 18.4 Å². The zero-order valence-corrected chi connectivity index (χ0v) is 16.0. The lowest BCUT2D eigenvalue weighted by atomic mass is 9.63. The fraction of sp³-hybridized carbons (Fsp3) is 0.364. The van der Waals surface area contributed by atoms with Crippen molar-refractivity contribution in [2.45, 2.75) is 45.1 Å². The minimum atomic E-state index is -0.665. The maximum Gasteiger partial charge on any atom is 0.230 e. The van der Waals surface area contributed by atoms with E-state index in [0.29, 0.717) is 24.1 Å². The molecule has 1 saturated carbocycles. The highest BCUT2D eigenvalue weighted by Crippen LogP contribution is 2.44. The highest BCUT2D eigenvalue weighted by Gasteiger charge is 2.45. The first kappa shape index (κ1) is 20.0. The zero-order chi connectivity index (χ0) is 20.3. The molecule has 0 bridgehead atoms. The molecule has 0 aliphatic heterocycles. The number of anilines is 1. The molecular formula is C22H24F2N2O2. The van der Waals surface area contributed by atoms with Gasteiger partial charge in [-0.1, -0.05) is 32.4 Å². The van der Waals surface area contributed by atoms with Crippen LogP contribution >= 0.6 is 0 Å². The predicted octanol–water partition coefficient (Wildman–Crippen LogP) is 4.30. The molecule has 0 aromatic heterocycles. The second-order valence-electron chi connectivity index (χ2n) is 7.62. The van der Waals surface area contributed by atoms with Crippen LogP contribution in [0.5, 0.6) is 0 Å². The van der Waals surface area contributed by atoms with Gasteiger partial charge >= 0.3 is 0 Å². The number of hydrogen-bond acceptors (Lipinski definition) is 2. The molecule has 2 amide bonds. The van der Waals surface area contributed by atoms with Crippen molar-refractivity contribution in [3.63, 3.8) is 0 Å². The molecule has 2 N–H and O–H groups in total. The van der Waals surface area contributed by atoms with Crippen molar-refractivity contribution in [3.05, 3.63) is 65.2 Å². The number of rotatable bonds is 6. The van der Waals surface area contributed by atoms with Crippen LogP contribution in [0, 0.1) is 17.6 Å². The molecule has 0 unspecified atom stereocenters. The average molecular weight is 386 g/mol. The van der Waals surface area contributed by atoms with E-state index < -0.39 is 17.0 Å². The Labute approximate surface area is 163 Å². The Hall–Kier alpha value is -2.76. The summed E-state index contributed by atoms with van der Waals surface area (Å²) in [6.45, 7) is 3.71. The number of halogens is 2. The number of amides is 2. The number of hydrogen-bond donors (Lipinski definition) is 2. The van der Waals surface area contributed by atoms with Crippen LogP contribution in [0.2, 0.25) is 0 Å². The molecule has 0 heterocycles. The van der Waals surface area contributed by atoms with Crippen molar-refractivity contribution in [1.29, 1.82) is 0 Å². The Balaban J connectivity index is 1.70. The van der Waals surface area contributed by atoms with E-state index in [0.717, 1.165) is 18.1 Å². The fourth-order valence-electron chi connectivity index (χ4n) is 3.40. The Kier molecular flexibility index (Phi) is 5.77. The van der Waals surface area contributed by atoms with E-state index in [-0.39, 0.29) is 24.3 Å². The van der Waals surface area contributed by atoms with Gasteiger partial charge in [-0.05, 0) is 48.2 Å². The number of carbonyl (C=O) groups excluding carboxylic acids is 2. The first-order valence-corrected chi connectivity index (χ1v) is 9.45. The maximum atomic E-state index is 13.3. The molecular weight excluding hydrogens is 362 g/mol. The zero-order valence-electron chi connectivity index (χ0n) is 16.0. The molecule has 2 aromatic carbocycles. The second-order valence-corrected chi connectivity index (χ2v) is 7.62. The van der Waals surface area contributed by atoms with Gasteiger partial charge in [0.15, 0.2) is 0 Å². The van der Waals surface area contributed by atoms with E-state index in [1.165, 1.54) is 12.1 Å². The summed E-state index contributed by atoms with van der Waals surface area (Å²) in [5.41, 5.74) is 1.32. The third kappa shape index (κ3) is 4.21. The standard InChI is InChI=1S/C22H24F2N2O2/c1-14(2)20(27)26-19-6-4-16(5-7-19)22(8-3-9-22)21(28)25-13-15-10-17(23)12-18(24)11-15/h4-7,10-12,14H,3,8-9,13H2,1-2H3,(H,25,28)(H,26,27). The van der Waals surface area contributed by atoms with Gasteiger partial charge in [-0.15, -0.1) is 0 Å². The summed E-state index contributed by atoms with van der Waals surface area (Å²) in [5, 5.41) is 5.65. The van der Waals surface area contributed by atoms with E-state index in [4.69, 9.17) is 0 Å². The molecule has 2 aromatic rings. The summed E-state index contributed by atoms with van der Waals surface area (Å²) in [4.78, 5) is 24.7. The Bertz CT molecular complexity index is 854. The van der Waals surface area contributed by atoms with Crippen molar-refractivity contribution in [3.8, 4) is 0 Å². The van der Waals surface area contributed by atoms with Crippen LogP contribution in [0.1, 0.15) is 44.2 Å². The van der Waals surface area contributed by atoms with E-state index in [1.54, 1.807) is 12.1 Å². The molecule has 0 spiro atoms. The minimum absolute atomic E-state index is 0.0637. The molecule has 0 radical (unpaired) electrons. The molecule has 1 fully saturated rings. The van der Waals surface area contributed by atoms with Gasteiger partial charge < -0.3 is 10.6 Å². The summed E-state index contributed by atoms with van der Waals surface area (Å²) in [6, 6.07) is 10.5. The highest BCUT2D eigenvalue weighted by atomic mass is 19.1. The Morgan fingerprint density at radius 1 is 1.04 bits per heavy atom. The molecule has 148 valence electrons. The summed E-state index contributed by atoms with van der Waals surface area (Å²) in [6.07, 6.45) is 2.37. The van der Waals surface area contributed by atoms with Gasteiger partial charge in [0.2, 0.25) is 11.8 Å². The van der Waals surface area contributed by atoms with E-state index in [1.807, 2.05) is 26.0 Å². The third-order valence-electron chi connectivity index (χ3n) is 5.25. The quantitative estimate of drug-likeness (QED) is 0.778. The molecule has 1 aliphatic rings. The molecule has 4 nitrogen and oxygen atoms in total. The summed E-state index contributed by atoms with van der Waals surface area (Å²) in [5.74, 6) is -1.66. The van der Waals surface area contributed by atoms with Gasteiger partial charge in [0.25, 0.3) is 0 Å². The molecule has 28 heavy (non-hydrogen) atoms. The van der Waals surface area contributed by atoms with E-state index in [2.05, 4.69) is 10.6 Å². The lowest BCUT2D eigenvalue weighted by molar-refractivity contribution is -0.130. The molecule has 6 heteroatoms. The second kappa shape index (κ2) is 8.09. The number of carbonyl (C=O) groups is 2. The van der Waals surface area contributed by atoms with Gasteiger partial charge in [0, 0.05) is 24.2 Å². The normalized spacial score (nSPS) is 15.0. The van der Waals surface area contributed by atoms with Gasteiger partial charge in [-0.3, -0.25) is 9.59 Å². The topological polar surface area (TPSA) is 58.2 Å². The van der Waals surface area contributed by atoms with Crippen molar-refractivity contribution in [2.75, 3.05) is 5.32 Å². The Morgan fingerprint density at radius 3 is 2.14 bits per heavy atom. The minimum Gasteiger partial charge on any atom is -0.351 e. The van der Waals surface area contributed by atoms with Crippen molar-refractivity contribution in [2.24, 2.45) is 5.92 Å². The van der Waals surface area contributed by atoms with Crippen LogP contribution in [0.25, 0.3) is 0 Å². The lowest BCUT2D eigenvalue weighted by Gasteiger charge is -2.40. The van der Waals surface area contributed by atoms with E-state index >= 15 is 0 Å². The number of nitrogens with one attached hydrogen (secondary N) is 2. The van der Waals surface area contributed by atoms with Gasteiger partial charge in [-0.2, -0.15) is 0 Å². The van der Waals surface area contributed by atoms with Gasteiger partial charge in [0.05, 0.1) is 5.41 Å². The smallest absolute Gasteiger partial charge is 0.230 e. The first-order valence-electron chi connectivity index (χ1n) is 9.45. The lowest BCUT2D eigenvalue weighted by Crippen LogP contribution is -2.49. The Morgan fingerprint density at radius 2 is 1.64 bits per heavy atom. The van der Waals surface area contributed by atoms with Crippen molar-refractivity contribution >= 4 is 17.5 Å². The molecule has 0 saturated heterocycles. The molecule has 3 rings (SSSR count). The summed E-state index contributed by atoms with van der Waals surface area (Å²) >= 11 is 0. The van der Waals surface area contributed by atoms with Crippen LogP contribution in [0.3, 0.4) is 0 Å². The highest BCUT2D eigenvalue weighted by molar-refractivity contribution is 5.92. The summed E-state index contributed by atoms with van der Waals surface area (Å²) < 4.78 is 26.6. The van der Waals surface area contributed by atoms with Crippen LogP contribution in [-0.4, -0.2) is 11.8 Å². The SMILES string of the molecule is CC(C)C(=O)Nc1ccc(C2(C(=O)NCc3cc(F)cc(F)c3)CCC2)cc1. The van der Waals surface area contributed by atoms with Crippen LogP contribution in [-0.2, 0) is 21.5 Å². The van der Waals surface area contributed by atoms with Crippen molar-refractivity contribution in [1.82, 2.24) is 5.32 Å². The fourth-order valence-corrected chi connectivity index (χ4v) is 3.40. The monoisotopic (exact) mass is 386 g/mol. The predicted molar refractivity (Wildman–Crippen MR) is 104 cm³/mol. The maximum absolute atomic E-state index is 13.3. The van der Waals surface area contributed by atoms with Crippen LogP contribution < -0.4 is 10.6 Å². The average Bonchev–Trinajstić information content (AvgIpc) is 2.59. The van der Waals surface area contributed by atoms with Crippen LogP contribution in [0.4, 0.5) is 14.5 Å².